The second-order valence-corrected chi connectivity index (χ2v) is 4.60. The third kappa shape index (κ3) is 4.84. The van der Waals surface area contributed by atoms with E-state index in [2.05, 4.69) is 0 Å². The topological polar surface area (TPSA) is 70.8 Å². The van der Waals surface area contributed by atoms with E-state index in [4.69, 9.17) is 14.2 Å². The first-order chi connectivity index (χ1) is 11.1. The fourth-order valence-electron chi connectivity index (χ4n) is 1.86. The van der Waals surface area contributed by atoms with Gasteiger partial charge in [-0.25, -0.2) is 4.39 Å². The van der Waals surface area contributed by atoms with Gasteiger partial charge in [0.05, 0.1) is 25.2 Å². The van der Waals surface area contributed by atoms with Crippen LogP contribution in [0.5, 0.6) is 17.2 Å². The van der Waals surface area contributed by atoms with Gasteiger partial charge in [-0.2, -0.15) is 0 Å². The molecular formula is C16H16FNO5. The summed E-state index contributed by atoms with van der Waals surface area (Å²) in [5.41, 5.74) is -0.262. The van der Waals surface area contributed by atoms with Gasteiger partial charge in [-0.05, 0) is 30.3 Å². The number of nitro benzene ring substituents is 1. The molecule has 0 N–H and O–H groups in total. The molecule has 0 saturated heterocycles. The van der Waals surface area contributed by atoms with Crippen molar-refractivity contribution in [2.24, 2.45) is 0 Å². The van der Waals surface area contributed by atoms with E-state index in [1.54, 1.807) is 31.4 Å². The van der Waals surface area contributed by atoms with Crippen molar-refractivity contribution in [3.8, 4) is 17.2 Å². The van der Waals surface area contributed by atoms with Gasteiger partial charge < -0.3 is 14.2 Å². The van der Waals surface area contributed by atoms with Gasteiger partial charge in [0.2, 0.25) is 0 Å². The van der Waals surface area contributed by atoms with Crippen LogP contribution in [0.25, 0.3) is 0 Å². The van der Waals surface area contributed by atoms with Crippen LogP contribution >= 0.6 is 0 Å². The number of halogens is 1. The van der Waals surface area contributed by atoms with Crippen LogP contribution in [0.1, 0.15) is 6.42 Å². The number of rotatable bonds is 8. The fraction of sp³-hybridized carbons (Fsp3) is 0.250. The smallest absolute Gasteiger partial charge is 0.311 e. The van der Waals surface area contributed by atoms with Gasteiger partial charge in [0.15, 0.2) is 5.75 Å². The Labute approximate surface area is 132 Å². The molecule has 0 fully saturated rings. The summed E-state index contributed by atoms with van der Waals surface area (Å²) in [4.78, 5) is 10.2. The molecule has 122 valence electrons. The Kier molecular flexibility index (Phi) is 5.74. The molecule has 0 saturated carbocycles. The minimum absolute atomic E-state index is 0.0838. The number of methoxy groups -OCH3 is 1. The highest BCUT2D eigenvalue weighted by molar-refractivity contribution is 5.46. The number of nitro groups is 1. The first-order valence-corrected chi connectivity index (χ1v) is 6.94. The molecule has 2 aromatic rings. The van der Waals surface area contributed by atoms with Crippen molar-refractivity contribution < 1.29 is 23.5 Å². The predicted octanol–water partition coefficient (Wildman–Crippen LogP) is 3.59. The molecule has 0 radical (unpaired) electrons. The Bertz CT molecular complexity index is 660. The highest BCUT2D eigenvalue weighted by Crippen LogP contribution is 2.27. The quantitative estimate of drug-likeness (QED) is 0.422. The van der Waals surface area contributed by atoms with Crippen LogP contribution in [0, 0.1) is 15.9 Å². The lowest BCUT2D eigenvalue weighted by Gasteiger charge is -2.09. The average Bonchev–Trinajstić information content (AvgIpc) is 2.55. The zero-order chi connectivity index (χ0) is 16.7. The minimum atomic E-state index is -0.609. The van der Waals surface area contributed by atoms with E-state index >= 15 is 0 Å². The Morgan fingerprint density at radius 3 is 2.35 bits per heavy atom. The van der Waals surface area contributed by atoms with E-state index in [0.717, 1.165) is 23.9 Å². The SMILES string of the molecule is COc1ccc(OCCCOc2cc(F)ccc2[N+](=O)[O-])cc1. The van der Waals surface area contributed by atoms with Crippen LogP contribution in [0.15, 0.2) is 42.5 Å². The molecular weight excluding hydrogens is 305 g/mol. The van der Waals surface area contributed by atoms with Gasteiger partial charge in [-0.1, -0.05) is 0 Å². The second kappa shape index (κ2) is 7.98. The van der Waals surface area contributed by atoms with E-state index in [9.17, 15) is 14.5 Å². The second-order valence-electron chi connectivity index (χ2n) is 4.60. The van der Waals surface area contributed by atoms with Crippen molar-refractivity contribution in [2.75, 3.05) is 20.3 Å². The lowest BCUT2D eigenvalue weighted by atomic mass is 10.3. The summed E-state index contributed by atoms with van der Waals surface area (Å²) in [7, 11) is 1.58. The molecule has 0 unspecified atom stereocenters. The molecule has 0 bridgehead atoms. The van der Waals surface area contributed by atoms with Gasteiger partial charge >= 0.3 is 5.69 Å². The third-order valence-corrected chi connectivity index (χ3v) is 2.99. The first kappa shape index (κ1) is 16.5. The number of nitrogens with zero attached hydrogens (tertiary/aromatic N) is 1. The summed E-state index contributed by atoms with van der Waals surface area (Å²) in [6, 6.07) is 10.2. The summed E-state index contributed by atoms with van der Waals surface area (Å²) in [6.45, 7) is 0.551. The molecule has 2 rings (SSSR count). The lowest BCUT2D eigenvalue weighted by Crippen LogP contribution is -2.06. The largest absolute Gasteiger partial charge is 0.497 e. The van der Waals surface area contributed by atoms with Crippen LogP contribution in [-0.2, 0) is 0 Å². The Morgan fingerprint density at radius 1 is 1.04 bits per heavy atom. The van der Waals surface area contributed by atoms with E-state index in [1.165, 1.54) is 0 Å². The number of benzene rings is 2. The van der Waals surface area contributed by atoms with Crippen molar-refractivity contribution in [3.63, 3.8) is 0 Å². The summed E-state index contributed by atoms with van der Waals surface area (Å²) >= 11 is 0. The maximum atomic E-state index is 13.1. The van der Waals surface area contributed by atoms with Crippen molar-refractivity contribution in [1.29, 1.82) is 0 Å². The summed E-state index contributed by atoms with van der Waals surface area (Å²) in [5, 5.41) is 10.8. The van der Waals surface area contributed by atoms with E-state index < -0.39 is 10.7 Å². The normalized spacial score (nSPS) is 10.2. The molecule has 0 atom stereocenters. The van der Waals surface area contributed by atoms with E-state index in [0.29, 0.717) is 18.8 Å². The maximum Gasteiger partial charge on any atom is 0.311 e. The van der Waals surface area contributed by atoms with Crippen LogP contribution in [0.2, 0.25) is 0 Å². The van der Waals surface area contributed by atoms with E-state index in [1.807, 2.05) is 0 Å². The molecule has 0 aliphatic heterocycles. The fourth-order valence-corrected chi connectivity index (χ4v) is 1.86. The number of ether oxygens (including phenoxy) is 3. The molecule has 0 aliphatic carbocycles. The number of hydrogen-bond acceptors (Lipinski definition) is 5. The standard InChI is InChI=1S/C16H16FNO5/c1-21-13-4-6-14(7-5-13)22-9-2-10-23-16-11-12(17)3-8-15(16)18(19)20/h3-8,11H,2,9-10H2,1H3. The van der Waals surface area contributed by atoms with Crippen LogP contribution in [0.3, 0.4) is 0 Å². The molecule has 23 heavy (non-hydrogen) atoms. The Hall–Kier alpha value is -2.83. The number of hydrogen-bond donors (Lipinski definition) is 0. The van der Waals surface area contributed by atoms with Crippen LogP contribution in [-0.4, -0.2) is 25.2 Å². The zero-order valence-corrected chi connectivity index (χ0v) is 12.5. The van der Waals surface area contributed by atoms with Gasteiger partial charge in [-0.15, -0.1) is 0 Å². The first-order valence-electron chi connectivity index (χ1n) is 6.94. The average molecular weight is 321 g/mol. The van der Waals surface area contributed by atoms with E-state index in [-0.39, 0.29) is 18.0 Å². The van der Waals surface area contributed by atoms with Crippen molar-refractivity contribution in [2.45, 2.75) is 6.42 Å². The molecule has 0 heterocycles. The van der Waals surface area contributed by atoms with Gasteiger partial charge in [-0.3, -0.25) is 10.1 Å². The van der Waals surface area contributed by atoms with Gasteiger partial charge in [0, 0.05) is 18.6 Å². The highest BCUT2D eigenvalue weighted by atomic mass is 19.1. The molecule has 0 amide bonds. The highest BCUT2D eigenvalue weighted by Gasteiger charge is 2.15. The van der Waals surface area contributed by atoms with Crippen molar-refractivity contribution in [1.82, 2.24) is 0 Å². The van der Waals surface area contributed by atoms with Crippen LogP contribution in [0.4, 0.5) is 10.1 Å². The Balaban J connectivity index is 1.79. The summed E-state index contributed by atoms with van der Waals surface area (Å²) in [6.07, 6.45) is 0.500. The summed E-state index contributed by atoms with van der Waals surface area (Å²) in [5.74, 6) is 0.751. The van der Waals surface area contributed by atoms with Gasteiger partial charge in [0.1, 0.15) is 17.3 Å². The maximum absolute atomic E-state index is 13.1. The van der Waals surface area contributed by atoms with Crippen molar-refractivity contribution in [3.05, 3.63) is 58.4 Å². The van der Waals surface area contributed by atoms with Gasteiger partial charge in [0.25, 0.3) is 0 Å². The predicted molar refractivity (Wildman–Crippen MR) is 81.7 cm³/mol. The molecule has 2 aromatic carbocycles. The zero-order valence-electron chi connectivity index (χ0n) is 12.5. The van der Waals surface area contributed by atoms with Crippen LogP contribution < -0.4 is 14.2 Å². The molecule has 0 aliphatic rings. The third-order valence-electron chi connectivity index (χ3n) is 2.99. The minimum Gasteiger partial charge on any atom is -0.497 e. The molecule has 0 aromatic heterocycles. The molecule has 7 heteroatoms. The monoisotopic (exact) mass is 321 g/mol. The summed E-state index contributed by atoms with van der Waals surface area (Å²) < 4.78 is 28.9. The molecule has 0 spiro atoms. The Morgan fingerprint density at radius 2 is 1.70 bits per heavy atom. The lowest BCUT2D eigenvalue weighted by molar-refractivity contribution is -0.385. The van der Waals surface area contributed by atoms with Crippen molar-refractivity contribution >= 4 is 5.69 Å². The molecule has 6 nitrogen and oxygen atoms in total.